The zero-order chi connectivity index (χ0) is 7.11. The van der Waals surface area contributed by atoms with E-state index in [1.54, 1.807) is 6.92 Å². The molecule has 0 atom stereocenters. The van der Waals surface area contributed by atoms with Crippen LogP contribution >= 0.6 is 0 Å². The van der Waals surface area contributed by atoms with Crippen LogP contribution in [0.3, 0.4) is 0 Å². The van der Waals surface area contributed by atoms with Crippen LogP contribution in [-0.2, 0) is 25.9 Å². The first-order valence-corrected chi connectivity index (χ1v) is 3.35. The molecule has 58 valence electrons. The Morgan fingerprint density at radius 2 is 1.60 bits per heavy atom. The Morgan fingerprint density at radius 3 is 1.80 bits per heavy atom. The maximum Gasteiger partial charge on any atom is 2.00 e. The van der Waals surface area contributed by atoms with Gasteiger partial charge in [-0.25, -0.2) is 12.1 Å². The van der Waals surface area contributed by atoms with Crippen LogP contribution in [0.1, 0.15) is 19.4 Å². The molecule has 0 radical (unpaired) electrons. The molecule has 1 heteroatoms. The van der Waals surface area contributed by atoms with E-state index in [0.29, 0.717) is 0 Å². The summed E-state index contributed by atoms with van der Waals surface area (Å²) in [6.07, 6.45) is 1.16. The fourth-order valence-electron chi connectivity index (χ4n) is 0.650. The van der Waals surface area contributed by atoms with Crippen LogP contribution in [0.25, 0.3) is 0 Å². The molecule has 1 rings (SSSR count). The van der Waals surface area contributed by atoms with E-state index < -0.39 is 0 Å². The van der Waals surface area contributed by atoms with Crippen LogP contribution in [0.4, 0.5) is 0 Å². The first-order valence-electron chi connectivity index (χ1n) is 3.35. The molecular formula is C9H14Ru. The van der Waals surface area contributed by atoms with E-state index >= 15 is 0 Å². The standard InChI is InChI=1S/C7H9.C2H5.Ru/c1-2-7-5-3-4-6-7;1-2;/h3-6H,2H2,1H3;1H2,2H3;/q2*-1;+2. The van der Waals surface area contributed by atoms with Gasteiger partial charge < -0.3 is 6.92 Å². The Hall–Kier alpha value is -0.0266. The molecule has 0 spiro atoms. The molecule has 0 saturated carbocycles. The average molecular weight is 223 g/mol. The van der Waals surface area contributed by atoms with E-state index in [9.17, 15) is 0 Å². The van der Waals surface area contributed by atoms with Gasteiger partial charge in [-0.1, -0.05) is 13.3 Å². The molecular weight excluding hydrogens is 209 g/mol. The minimum Gasteiger partial charge on any atom is -0.346 e. The molecule has 0 amide bonds. The Morgan fingerprint density at radius 1 is 1.20 bits per heavy atom. The van der Waals surface area contributed by atoms with E-state index in [-0.39, 0.29) is 19.5 Å². The Labute approximate surface area is 76.8 Å². The van der Waals surface area contributed by atoms with Crippen molar-refractivity contribution in [2.75, 3.05) is 0 Å². The van der Waals surface area contributed by atoms with Crippen molar-refractivity contribution in [1.29, 1.82) is 0 Å². The summed E-state index contributed by atoms with van der Waals surface area (Å²) in [7, 11) is 0. The summed E-state index contributed by atoms with van der Waals surface area (Å²) in [4.78, 5) is 0. The number of hydrogen-bond acceptors (Lipinski definition) is 0. The van der Waals surface area contributed by atoms with Gasteiger partial charge in [0.15, 0.2) is 0 Å². The van der Waals surface area contributed by atoms with Gasteiger partial charge in [0.25, 0.3) is 0 Å². The Bertz CT molecular complexity index is 119. The minimum atomic E-state index is 0. The van der Waals surface area contributed by atoms with E-state index in [2.05, 4.69) is 38.1 Å². The summed E-state index contributed by atoms with van der Waals surface area (Å²) in [6.45, 7) is 7.16. The van der Waals surface area contributed by atoms with Gasteiger partial charge in [-0.2, -0.15) is 24.6 Å². The molecule has 0 N–H and O–H groups in total. The molecule has 1 aromatic rings. The molecule has 0 fully saturated rings. The molecule has 0 unspecified atom stereocenters. The predicted octanol–water partition coefficient (Wildman–Crippen LogP) is 2.81. The Kier molecular flexibility index (Phi) is 11.3. The fraction of sp³-hybridized carbons (Fsp3) is 0.333. The van der Waals surface area contributed by atoms with Crippen molar-refractivity contribution in [3.63, 3.8) is 0 Å². The molecule has 0 aromatic heterocycles. The zero-order valence-corrected chi connectivity index (χ0v) is 8.32. The summed E-state index contributed by atoms with van der Waals surface area (Å²) in [5.41, 5.74) is 1.43. The molecule has 0 saturated heterocycles. The van der Waals surface area contributed by atoms with Crippen molar-refractivity contribution >= 4 is 0 Å². The van der Waals surface area contributed by atoms with E-state index in [4.69, 9.17) is 0 Å². The molecule has 0 aliphatic heterocycles. The Balaban J connectivity index is 0. The number of hydrogen-bond donors (Lipinski definition) is 0. The van der Waals surface area contributed by atoms with Crippen molar-refractivity contribution in [3.8, 4) is 0 Å². The van der Waals surface area contributed by atoms with E-state index in [0.717, 1.165) is 6.42 Å². The third-order valence-corrected chi connectivity index (χ3v) is 1.14. The predicted molar refractivity (Wildman–Crippen MR) is 42.4 cm³/mol. The maximum absolute atomic E-state index is 3.25. The summed E-state index contributed by atoms with van der Waals surface area (Å²) in [6, 6.07) is 8.41. The van der Waals surface area contributed by atoms with Crippen molar-refractivity contribution in [1.82, 2.24) is 0 Å². The largest absolute Gasteiger partial charge is 2.00 e. The molecule has 10 heavy (non-hydrogen) atoms. The first kappa shape index (κ1) is 12.6. The molecule has 0 aliphatic carbocycles. The van der Waals surface area contributed by atoms with Gasteiger partial charge in [0, 0.05) is 0 Å². The van der Waals surface area contributed by atoms with Gasteiger partial charge in [0.1, 0.15) is 0 Å². The van der Waals surface area contributed by atoms with E-state index in [1.807, 2.05) is 0 Å². The third-order valence-electron chi connectivity index (χ3n) is 1.14. The zero-order valence-electron chi connectivity index (χ0n) is 6.58. The second kappa shape index (κ2) is 8.97. The van der Waals surface area contributed by atoms with Gasteiger partial charge in [-0.15, -0.1) is 0 Å². The molecule has 1 aromatic carbocycles. The summed E-state index contributed by atoms with van der Waals surface area (Å²) in [5, 5.41) is 0. The van der Waals surface area contributed by atoms with Crippen LogP contribution in [0, 0.1) is 6.92 Å². The summed E-state index contributed by atoms with van der Waals surface area (Å²) in [5.74, 6) is 0. The summed E-state index contributed by atoms with van der Waals surface area (Å²) >= 11 is 0. The van der Waals surface area contributed by atoms with Crippen molar-refractivity contribution in [3.05, 3.63) is 36.8 Å². The second-order valence-corrected chi connectivity index (χ2v) is 1.65. The normalized spacial score (nSPS) is 7.10. The molecule has 0 nitrogen and oxygen atoms in total. The van der Waals surface area contributed by atoms with Crippen molar-refractivity contribution < 1.29 is 19.5 Å². The number of aryl methyl sites for hydroxylation is 1. The molecule has 0 aliphatic rings. The van der Waals surface area contributed by atoms with Crippen LogP contribution in [0.5, 0.6) is 0 Å². The second-order valence-electron chi connectivity index (χ2n) is 1.65. The smallest absolute Gasteiger partial charge is 0.346 e. The van der Waals surface area contributed by atoms with Crippen molar-refractivity contribution in [2.45, 2.75) is 20.3 Å². The minimum absolute atomic E-state index is 0. The maximum atomic E-state index is 3.25. The van der Waals surface area contributed by atoms with Gasteiger partial charge >= 0.3 is 19.5 Å². The molecule has 0 heterocycles. The van der Waals surface area contributed by atoms with Crippen LogP contribution in [0.15, 0.2) is 24.3 Å². The third kappa shape index (κ3) is 4.82. The van der Waals surface area contributed by atoms with Crippen LogP contribution in [0.2, 0.25) is 0 Å². The fourth-order valence-corrected chi connectivity index (χ4v) is 0.650. The van der Waals surface area contributed by atoms with Crippen LogP contribution in [-0.4, -0.2) is 0 Å². The van der Waals surface area contributed by atoms with Crippen molar-refractivity contribution in [2.24, 2.45) is 0 Å². The topological polar surface area (TPSA) is 0 Å². The van der Waals surface area contributed by atoms with Gasteiger partial charge in [-0.05, 0) is 0 Å². The summed E-state index contributed by atoms with van der Waals surface area (Å²) < 4.78 is 0. The van der Waals surface area contributed by atoms with Gasteiger partial charge in [0.2, 0.25) is 0 Å². The van der Waals surface area contributed by atoms with E-state index in [1.165, 1.54) is 5.56 Å². The van der Waals surface area contributed by atoms with Gasteiger partial charge in [-0.3, -0.25) is 0 Å². The molecule has 0 bridgehead atoms. The van der Waals surface area contributed by atoms with Crippen LogP contribution < -0.4 is 0 Å². The quantitative estimate of drug-likeness (QED) is 0.507. The number of rotatable bonds is 1. The SMILES string of the molecule is CC[c-]1cccc1.[CH2-]C.[Ru+2]. The monoisotopic (exact) mass is 224 g/mol. The van der Waals surface area contributed by atoms with Gasteiger partial charge in [0.05, 0.1) is 0 Å². The first-order chi connectivity index (χ1) is 4.43. The average Bonchev–Trinajstić information content (AvgIpc) is 2.43.